The van der Waals surface area contributed by atoms with Crippen LogP contribution in [0.5, 0.6) is 0 Å². The van der Waals surface area contributed by atoms with Crippen LogP contribution in [-0.2, 0) is 11.3 Å². The lowest BCUT2D eigenvalue weighted by atomic mass is 10.0. The van der Waals surface area contributed by atoms with Gasteiger partial charge in [0.1, 0.15) is 0 Å². The van der Waals surface area contributed by atoms with Crippen molar-refractivity contribution in [3.63, 3.8) is 0 Å². The fraction of sp³-hybridized carbons (Fsp3) is 0.353. The molecule has 0 radical (unpaired) electrons. The van der Waals surface area contributed by atoms with Gasteiger partial charge in [0.05, 0.1) is 24.4 Å². The molecule has 0 bridgehead atoms. The molecule has 1 aromatic heterocycles. The number of carbonyl (C=O) groups is 1. The average molecular weight is 300 g/mol. The highest BCUT2D eigenvalue weighted by Gasteiger charge is 2.10. The van der Waals surface area contributed by atoms with Gasteiger partial charge >= 0.3 is 0 Å². The second kappa shape index (κ2) is 7.13. The van der Waals surface area contributed by atoms with Crippen LogP contribution in [0.2, 0.25) is 0 Å². The van der Waals surface area contributed by atoms with Gasteiger partial charge in [-0.05, 0) is 17.5 Å². The Kier molecular flexibility index (Phi) is 5.22. The number of nitrogens with zero attached hydrogens (tertiary/aromatic N) is 2. The Morgan fingerprint density at radius 3 is 2.50 bits per heavy atom. The molecule has 0 aliphatic rings. The normalized spacial score (nSPS) is 10.9. The van der Waals surface area contributed by atoms with Crippen molar-refractivity contribution in [3.05, 3.63) is 51.8 Å². The van der Waals surface area contributed by atoms with Crippen LogP contribution in [0.3, 0.4) is 0 Å². The van der Waals surface area contributed by atoms with Crippen LogP contribution in [0.1, 0.15) is 35.7 Å². The highest BCUT2D eigenvalue weighted by Crippen LogP contribution is 2.20. The van der Waals surface area contributed by atoms with E-state index in [0.29, 0.717) is 31.0 Å². The molecule has 1 aromatic carbocycles. The topological polar surface area (TPSA) is 61.2 Å². The summed E-state index contributed by atoms with van der Waals surface area (Å²) in [5.41, 5.74) is 2.42. The number of hydrogen-bond donors (Lipinski definition) is 0. The van der Waals surface area contributed by atoms with Gasteiger partial charge in [-0.15, -0.1) is 0 Å². The van der Waals surface area contributed by atoms with E-state index in [9.17, 15) is 9.59 Å². The van der Waals surface area contributed by atoms with Crippen LogP contribution >= 0.6 is 0 Å². The molecule has 0 fully saturated rings. The largest absolute Gasteiger partial charge is 0.383 e. The second-order valence-corrected chi connectivity index (χ2v) is 5.40. The number of aromatic nitrogens is 2. The minimum atomic E-state index is -0.394. The summed E-state index contributed by atoms with van der Waals surface area (Å²) in [6.45, 7) is 4.93. The molecule has 2 rings (SSSR count). The number of hydrogen-bond acceptors (Lipinski definition) is 4. The fourth-order valence-corrected chi connectivity index (χ4v) is 2.16. The Hall–Kier alpha value is -2.27. The van der Waals surface area contributed by atoms with Gasteiger partial charge in [0.2, 0.25) is 0 Å². The molecule has 0 saturated carbocycles. The third kappa shape index (κ3) is 3.49. The molecule has 0 spiro atoms. The Labute approximate surface area is 129 Å². The molecule has 0 aliphatic carbocycles. The van der Waals surface area contributed by atoms with Crippen molar-refractivity contribution in [2.24, 2.45) is 0 Å². The maximum atomic E-state index is 12.0. The Balaban J connectivity index is 2.45. The third-order valence-electron chi connectivity index (χ3n) is 3.51. The van der Waals surface area contributed by atoms with Crippen LogP contribution in [0.4, 0.5) is 0 Å². The predicted molar refractivity (Wildman–Crippen MR) is 85.3 cm³/mol. The predicted octanol–water partition coefficient (Wildman–Crippen LogP) is 2.49. The number of rotatable bonds is 6. The fourth-order valence-electron chi connectivity index (χ4n) is 2.16. The van der Waals surface area contributed by atoms with E-state index in [0.717, 1.165) is 5.56 Å². The number of ether oxygens (including phenoxy) is 1. The van der Waals surface area contributed by atoms with Crippen molar-refractivity contribution in [3.8, 4) is 11.3 Å². The molecule has 0 amide bonds. The lowest BCUT2D eigenvalue weighted by molar-refractivity contribution is 0.112. The van der Waals surface area contributed by atoms with E-state index in [1.54, 1.807) is 7.11 Å². The molecule has 5 heteroatoms. The molecule has 0 atom stereocenters. The molecule has 0 aliphatic heterocycles. The lowest BCUT2D eigenvalue weighted by Gasteiger charge is -2.10. The van der Waals surface area contributed by atoms with Crippen LogP contribution in [-0.4, -0.2) is 29.8 Å². The van der Waals surface area contributed by atoms with E-state index in [-0.39, 0.29) is 5.56 Å². The zero-order valence-corrected chi connectivity index (χ0v) is 13.1. The quantitative estimate of drug-likeness (QED) is 0.769. The van der Waals surface area contributed by atoms with Gasteiger partial charge in [0.15, 0.2) is 6.29 Å². The first kappa shape index (κ1) is 16.1. The molecular weight excluding hydrogens is 280 g/mol. The third-order valence-corrected chi connectivity index (χ3v) is 3.51. The zero-order valence-electron chi connectivity index (χ0n) is 13.1. The summed E-state index contributed by atoms with van der Waals surface area (Å²) in [4.78, 5) is 23.2. The lowest BCUT2D eigenvalue weighted by Crippen LogP contribution is -2.28. The summed E-state index contributed by atoms with van der Waals surface area (Å²) in [7, 11) is 1.56. The molecule has 0 saturated heterocycles. The Morgan fingerprint density at radius 2 is 1.95 bits per heavy atom. The highest BCUT2D eigenvalue weighted by atomic mass is 16.5. The van der Waals surface area contributed by atoms with Crippen LogP contribution in [0.15, 0.2) is 35.1 Å². The first-order valence-corrected chi connectivity index (χ1v) is 7.23. The maximum absolute atomic E-state index is 12.0. The summed E-state index contributed by atoms with van der Waals surface area (Å²) < 4.78 is 6.25. The van der Waals surface area contributed by atoms with E-state index in [1.165, 1.54) is 16.3 Å². The van der Waals surface area contributed by atoms with Crippen LogP contribution < -0.4 is 5.56 Å². The van der Waals surface area contributed by atoms with E-state index in [1.807, 2.05) is 24.3 Å². The summed E-state index contributed by atoms with van der Waals surface area (Å²) in [5, 5.41) is 4.33. The monoisotopic (exact) mass is 300 g/mol. The molecule has 5 nitrogen and oxygen atoms in total. The van der Waals surface area contributed by atoms with Gasteiger partial charge in [-0.25, -0.2) is 4.68 Å². The summed E-state index contributed by atoms with van der Waals surface area (Å²) >= 11 is 0. The molecule has 0 unspecified atom stereocenters. The van der Waals surface area contributed by atoms with Crippen molar-refractivity contribution in [2.75, 3.05) is 13.7 Å². The number of benzene rings is 1. The average Bonchev–Trinajstić information content (AvgIpc) is 2.54. The number of aldehydes is 1. The van der Waals surface area contributed by atoms with Gasteiger partial charge in [-0.3, -0.25) is 9.59 Å². The molecule has 1 heterocycles. The zero-order chi connectivity index (χ0) is 16.1. The molecular formula is C17H20N2O3. The van der Waals surface area contributed by atoms with Crippen molar-refractivity contribution in [1.82, 2.24) is 9.78 Å². The van der Waals surface area contributed by atoms with Crippen molar-refractivity contribution < 1.29 is 9.53 Å². The van der Waals surface area contributed by atoms with Crippen LogP contribution in [0, 0.1) is 0 Å². The number of methoxy groups -OCH3 is 1. The van der Waals surface area contributed by atoms with Gasteiger partial charge in [0.25, 0.3) is 5.56 Å². The molecule has 2 aromatic rings. The summed E-state index contributed by atoms with van der Waals surface area (Å²) in [5.74, 6) is 0.447. The van der Waals surface area contributed by atoms with Gasteiger partial charge in [0, 0.05) is 12.7 Å². The molecule has 116 valence electrons. The Bertz CT molecular complexity index is 703. The summed E-state index contributed by atoms with van der Waals surface area (Å²) in [6.07, 6.45) is 0.569. The van der Waals surface area contributed by atoms with Crippen molar-refractivity contribution in [2.45, 2.75) is 26.3 Å². The van der Waals surface area contributed by atoms with Crippen molar-refractivity contribution in [1.29, 1.82) is 0 Å². The van der Waals surface area contributed by atoms with Gasteiger partial charge in [-0.2, -0.15) is 5.10 Å². The van der Waals surface area contributed by atoms with E-state index in [2.05, 4.69) is 18.9 Å². The molecule has 0 N–H and O–H groups in total. The maximum Gasteiger partial charge on any atom is 0.277 e. The van der Waals surface area contributed by atoms with Gasteiger partial charge in [-0.1, -0.05) is 38.1 Å². The van der Waals surface area contributed by atoms with Crippen molar-refractivity contribution >= 4 is 6.29 Å². The first-order chi connectivity index (χ1) is 10.6. The smallest absolute Gasteiger partial charge is 0.277 e. The first-order valence-electron chi connectivity index (χ1n) is 7.23. The van der Waals surface area contributed by atoms with E-state index in [4.69, 9.17) is 4.74 Å². The highest BCUT2D eigenvalue weighted by molar-refractivity contribution is 5.76. The standard InChI is InChI=1S/C17H20N2O3/c1-12(2)13-4-6-14(7-5-13)16-10-15(11-20)17(21)19(18-16)8-9-22-3/h4-7,10-12H,8-9H2,1-3H3. The van der Waals surface area contributed by atoms with E-state index < -0.39 is 5.56 Å². The Morgan fingerprint density at radius 1 is 1.27 bits per heavy atom. The van der Waals surface area contributed by atoms with Gasteiger partial charge < -0.3 is 4.74 Å². The van der Waals surface area contributed by atoms with Crippen LogP contribution in [0.25, 0.3) is 11.3 Å². The summed E-state index contributed by atoms with van der Waals surface area (Å²) in [6, 6.07) is 9.51. The second-order valence-electron chi connectivity index (χ2n) is 5.40. The minimum Gasteiger partial charge on any atom is -0.383 e. The number of carbonyl (C=O) groups excluding carboxylic acids is 1. The van der Waals surface area contributed by atoms with E-state index >= 15 is 0 Å². The SMILES string of the molecule is COCCn1nc(-c2ccc(C(C)C)cc2)cc(C=O)c1=O. The molecule has 22 heavy (non-hydrogen) atoms. The minimum absolute atomic E-state index is 0.106.